The molecule has 2 heterocycles. The molecule has 2 aliphatic carbocycles. The molecule has 0 spiro atoms. The van der Waals surface area contributed by atoms with Crippen LogP contribution in [0.15, 0.2) is 243 Å². The Labute approximate surface area is 447 Å². The van der Waals surface area contributed by atoms with Crippen LogP contribution in [0.25, 0.3) is 88.3 Å². The minimum Gasteiger partial charge on any atom is -0.335 e. The largest absolute Gasteiger partial charge is 0.335 e. The predicted octanol–water partition coefficient (Wildman–Crippen LogP) is 20.4. The van der Waals surface area contributed by atoms with Gasteiger partial charge in [-0.15, -0.1) is 0 Å². The maximum Gasteiger partial charge on any atom is 0.0492 e. The van der Waals surface area contributed by atoms with E-state index >= 15 is 0 Å². The molecule has 0 amide bonds. The van der Waals surface area contributed by atoms with Gasteiger partial charge in [0, 0.05) is 45.7 Å². The highest BCUT2D eigenvalue weighted by atomic mass is 15.2. The van der Waals surface area contributed by atoms with Gasteiger partial charge >= 0.3 is 0 Å². The molecule has 2 nitrogen and oxygen atoms in total. The molecule has 11 aromatic rings. The summed E-state index contributed by atoms with van der Waals surface area (Å²) in [6, 6.07) is 91.8. The van der Waals surface area contributed by atoms with Crippen LogP contribution in [0.5, 0.6) is 0 Å². The average molecular weight is 977 g/mol. The van der Waals surface area contributed by atoms with E-state index < -0.39 is 0 Å². The van der Waals surface area contributed by atoms with Crippen molar-refractivity contribution in [2.75, 3.05) is 9.80 Å². The van der Waals surface area contributed by atoms with Crippen LogP contribution >= 0.6 is 0 Å². The summed E-state index contributed by atoms with van der Waals surface area (Å²) in [5, 5.41) is 5.06. The van der Waals surface area contributed by atoms with Crippen LogP contribution in [0, 0.1) is 0 Å². The quantitative estimate of drug-likeness (QED) is 0.140. The average Bonchev–Trinajstić information content (AvgIpc) is 4.22. The molecule has 76 heavy (non-hydrogen) atoms. The molecule has 2 saturated carbocycles. The van der Waals surface area contributed by atoms with Crippen molar-refractivity contribution in [1.82, 2.24) is 0 Å². The van der Waals surface area contributed by atoms with Crippen LogP contribution in [-0.2, 0) is 0 Å². The molecule has 2 fully saturated rings. The molecule has 2 heteroatoms. The smallest absolute Gasteiger partial charge is 0.0492 e. The number of hydrogen-bond donors (Lipinski definition) is 0. The van der Waals surface area contributed by atoms with Gasteiger partial charge < -0.3 is 9.80 Å². The first-order chi connectivity index (χ1) is 37.4. The second-order valence-corrected chi connectivity index (χ2v) is 22.7. The van der Waals surface area contributed by atoms with E-state index in [-0.39, 0.29) is 11.1 Å². The van der Waals surface area contributed by atoms with Crippen LogP contribution in [0.2, 0.25) is 0 Å². The first-order valence-corrected chi connectivity index (χ1v) is 27.8. The van der Waals surface area contributed by atoms with Gasteiger partial charge in [-0.2, -0.15) is 0 Å². The number of nitrogens with zero attached hydrogens (tertiary/aromatic N) is 2. The van der Waals surface area contributed by atoms with Crippen molar-refractivity contribution in [3.8, 4) is 66.8 Å². The van der Waals surface area contributed by atoms with E-state index in [0.717, 1.165) is 0 Å². The Morgan fingerprint density at radius 3 is 1.01 bits per heavy atom. The standard InChI is InChI=1S/C74H60N2/c1-73-43-15-25-67(73)65-47-57(37-41-69(65)75(73)59-21-11-5-12-22-59)55-35-39-61-63(45-55)71(53-31-27-51(28-32-53)49-17-7-3-8-18-49)62-40-36-56(46-64(62)72(61)54-33-29-52(30-34-54)50-19-9-4-10-20-50)58-38-42-70-66(48-58)68-26-16-44-74(68,2)76(70)60-23-13-6-14-24-60/h3-14,17-24,27-42,45-48,67-68H,15-16,25-26,43-44H2,1-2H3. The van der Waals surface area contributed by atoms with Crippen LogP contribution < -0.4 is 9.80 Å². The molecule has 0 radical (unpaired) electrons. The number of hydrogen-bond acceptors (Lipinski definition) is 2. The van der Waals surface area contributed by atoms with Crippen molar-refractivity contribution in [2.45, 2.75) is 75.3 Å². The lowest BCUT2D eigenvalue weighted by atomic mass is 9.82. The normalized spacial score (nSPS) is 20.2. The predicted molar refractivity (Wildman–Crippen MR) is 321 cm³/mol. The first-order valence-electron chi connectivity index (χ1n) is 27.8. The number of benzene rings is 11. The third-order valence-electron chi connectivity index (χ3n) is 18.5. The van der Waals surface area contributed by atoms with Gasteiger partial charge in [-0.3, -0.25) is 0 Å². The van der Waals surface area contributed by atoms with E-state index in [4.69, 9.17) is 0 Å². The second-order valence-electron chi connectivity index (χ2n) is 22.7. The SMILES string of the molecule is CC12CCCC1c1cc(-c3ccc4c(-c5ccc(-c6ccccc6)cc5)c5cc(-c6ccc7c(c6)C6CCCC6(C)N7c6ccccc6)ccc5c(-c5ccc(-c6ccccc6)cc5)c4c3)ccc1N2c1ccccc1. The van der Waals surface area contributed by atoms with E-state index in [2.05, 4.69) is 266 Å². The lowest BCUT2D eigenvalue weighted by Crippen LogP contribution is -2.40. The van der Waals surface area contributed by atoms with Gasteiger partial charge in [0.15, 0.2) is 0 Å². The van der Waals surface area contributed by atoms with Gasteiger partial charge in [-0.25, -0.2) is 0 Å². The zero-order valence-electron chi connectivity index (χ0n) is 43.4. The summed E-state index contributed by atoms with van der Waals surface area (Å²) in [6.45, 7) is 5.00. The van der Waals surface area contributed by atoms with Crippen LogP contribution in [0.4, 0.5) is 22.7 Å². The molecular weight excluding hydrogens is 917 g/mol. The molecule has 0 aromatic heterocycles. The van der Waals surface area contributed by atoms with Crippen LogP contribution in [0.3, 0.4) is 0 Å². The molecule has 4 atom stereocenters. The topological polar surface area (TPSA) is 6.48 Å². The Morgan fingerprint density at radius 2 is 0.618 bits per heavy atom. The van der Waals surface area contributed by atoms with E-state index in [1.54, 1.807) is 0 Å². The van der Waals surface area contributed by atoms with Crippen LogP contribution in [-0.4, -0.2) is 11.1 Å². The van der Waals surface area contributed by atoms with Crippen molar-refractivity contribution in [1.29, 1.82) is 0 Å². The van der Waals surface area contributed by atoms with Gasteiger partial charge in [0.25, 0.3) is 0 Å². The Morgan fingerprint density at radius 1 is 0.303 bits per heavy atom. The minimum atomic E-state index is 0.0624. The Bertz CT molecular complexity index is 3750. The molecule has 0 saturated heterocycles. The van der Waals surface area contributed by atoms with E-state index in [1.807, 2.05) is 0 Å². The summed E-state index contributed by atoms with van der Waals surface area (Å²) in [7, 11) is 0. The highest BCUT2D eigenvalue weighted by molar-refractivity contribution is 6.22. The lowest BCUT2D eigenvalue weighted by molar-refractivity contribution is 0.451. The van der Waals surface area contributed by atoms with Crippen LogP contribution in [0.1, 0.15) is 75.3 Å². The highest BCUT2D eigenvalue weighted by Crippen LogP contribution is 2.61. The Balaban J connectivity index is 0.944. The fourth-order valence-corrected chi connectivity index (χ4v) is 15.0. The monoisotopic (exact) mass is 976 g/mol. The summed E-state index contributed by atoms with van der Waals surface area (Å²) < 4.78 is 0. The minimum absolute atomic E-state index is 0.0624. The molecule has 15 rings (SSSR count). The summed E-state index contributed by atoms with van der Waals surface area (Å²) in [5.41, 5.74) is 23.3. The molecular formula is C74H60N2. The summed E-state index contributed by atoms with van der Waals surface area (Å²) in [6.07, 6.45) is 7.33. The fourth-order valence-electron chi connectivity index (χ4n) is 15.0. The zero-order chi connectivity index (χ0) is 50.5. The van der Waals surface area contributed by atoms with Crippen molar-refractivity contribution in [2.24, 2.45) is 0 Å². The molecule has 4 aliphatic rings. The molecule has 4 unspecified atom stereocenters. The number of anilines is 4. The molecule has 0 N–H and O–H groups in total. The van der Waals surface area contributed by atoms with Crippen molar-refractivity contribution in [3.63, 3.8) is 0 Å². The fraction of sp³-hybridized carbons (Fsp3) is 0.162. The van der Waals surface area contributed by atoms with Gasteiger partial charge in [-0.05, 0) is 200 Å². The summed E-state index contributed by atoms with van der Waals surface area (Å²) in [5.74, 6) is 0.975. The molecule has 11 aromatic carbocycles. The molecule has 2 aliphatic heterocycles. The van der Waals surface area contributed by atoms with Gasteiger partial charge in [0.1, 0.15) is 0 Å². The van der Waals surface area contributed by atoms with Gasteiger partial charge in [-0.1, -0.05) is 195 Å². The Hall–Kier alpha value is -8.46. The molecule has 0 bridgehead atoms. The lowest BCUT2D eigenvalue weighted by Gasteiger charge is -2.37. The van der Waals surface area contributed by atoms with Crippen molar-refractivity contribution < 1.29 is 0 Å². The van der Waals surface area contributed by atoms with E-state index in [9.17, 15) is 0 Å². The van der Waals surface area contributed by atoms with Gasteiger partial charge in [0.05, 0.1) is 0 Å². The maximum atomic E-state index is 2.66. The number of rotatable bonds is 8. The van der Waals surface area contributed by atoms with E-state index in [0.29, 0.717) is 11.8 Å². The van der Waals surface area contributed by atoms with Crippen molar-refractivity contribution >= 4 is 44.3 Å². The summed E-state index contributed by atoms with van der Waals surface area (Å²) >= 11 is 0. The molecule has 366 valence electrons. The first kappa shape index (κ1) is 45.0. The van der Waals surface area contributed by atoms with Gasteiger partial charge in [0.2, 0.25) is 0 Å². The zero-order valence-corrected chi connectivity index (χ0v) is 43.4. The number of fused-ring (bicyclic) bond motifs is 8. The second kappa shape index (κ2) is 17.6. The maximum absolute atomic E-state index is 2.66. The third kappa shape index (κ3) is 7.00. The Kier molecular flexibility index (Phi) is 10.4. The van der Waals surface area contributed by atoms with E-state index in [1.165, 1.54) is 161 Å². The van der Waals surface area contributed by atoms with Crippen molar-refractivity contribution in [3.05, 3.63) is 254 Å². The highest BCUT2D eigenvalue weighted by Gasteiger charge is 2.52. The number of para-hydroxylation sites is 2. The third-order valence-corrected chi connectivity index (χ3v) is 18.5. The summed E-state index contributed by atoms with van der Waals surface area (Å²) in [4.78, 5) is 5.32.